The normalized spacial score (nSPS) is 13.1. The Balaban J connectivity index is 2.40. The van der Waals surface area contributed by atoms with Gasteiger partial charge >= 0.3 is 0 Å². The van der Waals surface area contributed by atoms with Gasteiger partial charge in [-0.3, -0.25) is 4.79 Å². The van der Waals surface area contributed by atoms with Crippen LogP contribution < -0.4 is 5.56 Å². The van der Waals surface area contributed by atoms with Gasteiger partial charge in [-0.15, -0.1) is 5.10 Å². The molecular formula is C13H17N3OS. The molecule has 0 radical (unpaired) electrons. The van der Waals surface area contributed by atoms with E-state index in [0.717, 1.165) is 5.75 Å². The summed E-state index contributed by atoms with van der Waals surface area (Å²) in [5, 5.41) is 8.69. The predicted molar refractivity (Wildman–Crippen MR) is 76.0 cm³/mol. The topological polar surface area (TPSA) is 47.8 Å². The largest absolute Gasteiger partial charge is 0.277 e. The van der Waals surface area contributed by atoms with E-state index >= 15 is 0 Å². The minimum atomic E-state index is -0.0759. The van der Waals surface area contributed by atoms with Gasteiger partial charge in [-0.05, 0) is 29.7 Å². The molecule has 18 heavy (non-hydrogen) atoms. The first-order chi connectivity index (χ1) is 8.63. The molecule has 1 atom stereocenters. The van der Waals surface area contributed by atoms with Crippen molar-refractivity contribution in [1.82, 2.24) is 15.0 Å². The average Bonchev–Trinajstić information content (AvgIpc) is 2.38. The maximum atomic E-state index is 12.2. The minimum Gasteiger partial charge on any atom is -0.267 e. The summed E-state index contributed by atoms with van der Waals surface area (Å²) >= 11 is 4.33. The zero-order chi connectivity index (χ0) is 13.1. The Morgan fingerprint density at radius 1 is 1.33 bits per heavy atom. The van der Waals surface area contributed by atoms with Gasteiger partial charge < -0.3 is 0 Å². The first-order valence-electron chi connectivity index (χ1n) is 6.07. The summed E-state index contributed by atoms with van der Waals surface area (Å²) < 4.78 is 1.45. The standard InChI is InChI=1S/C13H17N3OS/c1-9(2)10(8-18)7-16-13(17)11-5-3-4-6-12(11)14-15-16/h3-6,9-10,18H,7-8H2,1-2H3. The van der Waals surface area contributed by atoms with Crippen molar-refractivity contribution in [3.05, 3.63) is 34.6 Å². The summed E-state index contributed by atoms with van der Waals surface area (Å²) in [6.07, 6.45) is 0. The molecule has 1 unspecified atom stereocenters. The summed E-state index contributed by atoms with van der Waals surface area (Å²) in [6.45, 7) is 4.82. The molecule has 0 saturated heterocycles. The summed E-state index contributed by atoms with van der Waals surface area (Å²) in [6, 6.07) is 7.28. The molecule has 0 fully saturated rings. The van der Waals surface area contributed by atoms with E-state index in [2.05, 4.69) is 36.8 Å². The second-order valence-electron chi connectivity index (χ2n) is 4.78. The molecule has 1 aromatic carbocycles. The summed E-state index contributed by atoms with van der Waals surface area (Å²) in [4.78, 5) is 12.2. The van der Waals surface area contributed by atoms with Gasteiger partial charge in [-0.1, -0.05) is 31.2 Å². The van der Waals surface area contributed by atoms with Crippen LogP contribution in [-0.4, -0.2) is 20.7 Å². The highest BCUT2D eigenvalue weighted by Gasteiger charge is 2.14. The fourth-order valence-electron chi connectivity index (χ4n) is 1.84. The smallest absolute Gasteiger partial charge is 0.267 e. The van der Waals surface area contributed by atoms with E-state index < -0.39 is 0 Å². The molecule has 0 saturated carbocycles. The van der Waals surface area contributed by atoms with Crippen LogP contribution in [0.15, 0.2) is 29.1 Å². The molecule has 0 aliphatic carbocycles. The lowest BCUT2D eigenvalue weighted by molar-refractivity contribution is 0.342. The van der Waals surface area contributed by atoms with Gasteiger partial charge in [0.05, 0.1) is 11.9 Å². The number of hydrogen-bond donors (Lipinski definition) is 1. The van der Waals surface area contributed by atoms with Crippen molar-refractivity contribution in [2.75, 3.05) is 5.75 Å². The van der Waals surface area contributed by atoms with Crippen molar-refractivity contribution in [3.8, 4) is 0 Å². The zero-order valence-corrected chi connectivity index (χ0v) is 11.5. The van der Waals surface area contributed by atoms with Crippen molar-refractivity contribution >= 4 is 23.5 Å². The number of benzene rings is 1. The molecule has 96 valence electrons. The molecule has 5 heteroatoms. The maximum Gasteiger partial charge on any atom is 0.277 e. The van der Waals surface area contributed by atoms with E-state index in [9.17, 15) is 4.79 Å². The third-order valence-electron chi connectivity index (χ3n) is 3.21. The maximum absolute atomic E-state index is 12.2. The average molecular weight is 263 g/mol. The number of fused-ring (bicyclic) bond motifs is 1. The lowest BCUT2D eigenvalue weighted by Gasteiger charge is -2.18. The number of aromatic nitrogens is 3. The van der Waals surface area contributed by atoms with Gasteiger partial charge in [0.15, 0.2) is 0 Å². The lowest BCUT2D eigenvalue weighted by Crippen LogP contribution is -2.30. The molecule has 0 N–H and O–H groups in total. The Labute approximate surface area is 111 Å². The summed E-state index contributed by atoms with van der Waals surface area (Å²) in [5.74, 6) is 1.52. The van der Waals surface area contributed by atoms with E-state index in [0.29, 0.717) is 29.3 Å². The fraction of sp³-hybridized carbons (Fsp3) is 0.462. The molecule has 4 nitrogen and oxygen atoms in total. The van der Waals surface area contributed by atoms with Crippen molar-refractivity contribution in [3.63, 3.8) is 0 Å². The predicted octanol–water partition coefficient (Wildman–Crippen LogP) is 1.99. The minimum absolute atomic E-state index is 0.0759. The molecule has 0 aliphatic rings. The molecule has 1 heterocycles. The van der Waals surface area contributed by atoms with Crippen LogP contribution in [0.25, 0.3) is 10.9 Å². The Bertz CT molecular complexity index is 594. The molecule has 0 amide bonds. The van der Waals surface area contributed by atoms with Gasteiger partial charge in [-0.25, -0.2) is 4.68 Å². The van der Waals surface area contributed by atoms with Gasteiger partial charge in [0.1, 0.15) is 5.52 Å². The van der Waals surface area contributed by atoms with Crippen LogP contribution in [-0.2, 0) is 6.54 Å². The number of hydrogen-bond acceptors (Lipinski definition) is 4. The highest BCUT2D eigenvalue weighted by Crippen LogP contribution is 2.14. The van der Waals surface area contributed by atoms with Crippen LogP contribution in [0.1, 0.15) is 13.8 Å². The molecule has 0 aliphatic heterocycles. The van der Waals surface area contributed by atoms with E-state index in [-0.39, 0.29) is 5.56 Å². The first kappa shape index (κ1) is 13.1. The Hall–Kier alpha value is -1.36. The van der Waals surface area contributed by atoms with Gasteiger partial charge in [0.25, 0.3) is 5.56 Å². The van der Waals surface area contributed by atoms with Crippen LogP contribution in [0.2, 0.25) is 0 Å². The molecule has 1 aromatic heterocycles. The molecule has 2 aromatic rings. The quantitative estimate of drug-likeness (QED) is 0.858. The molecule has 2 rings (SSSR count). The third kappa shape index (κ3) is 2.56. The van der Waals surface area contributed by atoms with Crippen molar-refractivity contribution in [2.24, 2.45) is 11.8 Å². The van der Waals surface area contributed by atoms with Crippen molar-refractivity contribution in [2.45, 2.75) is 20.4 Å². The monoisotopic (exact) mass is 263 g/mol. The number of thiol groups is 1. The second kappa shape index (κ2) is 5.52. The van der Waals surface area contributed by atoms with Crippen molar-refractivity contribution in [1.29, 1.82) is 0 Å². The van der Waals surface area contributed by atoms with Gasteiger partial charge in [0, 0.05) is 0 Å². The number of nitrogens with zero attached hydrogens (tertiary/aromatic N) is 3. The SMILES string of the molecule is CC(C)C(CS)Cn1nnc2ccccc2c1=O. The molecular weight excluding hydrogens is 246 g/mol. The van der Waals surface area contributed by atoms with E-state index in [4.69, 9.17) is 0 Å². The summed E-state index contributed by atoms with van der Waals surface area (Å²) in [7, 11) is 0. The van der Waals surface area contributed by atoms with Gasteiger partial charge in [0.2, 0.25) is 0 Å². The first-order valence-corrected chi connectivity index (χ1v) is 6.70. The van der Waals surface area contributed by atoms with Crippen LogP contribution in [0, 0.1) is 11.8 Å². The Morgan fingerprint density at radius 2 is 2.06 bits per heavy atom. The van der Waals surface area contributed by atoms with E-state index in [1.54, 1.807) is 12.1 Å². The highest BCUT2D eigenvalue weighted by molar-refractivity contribution is 7.80. The Morgan fingerprint density at radius 3 is 2.72 bits per heavy atom. The molecule has 0 bridgehead atoms. The fourth-order valence-corrected chi connectivity index (χ4v) is 2.38. The van der Waals surface area contributed by atoms with Crippen LogP contribution >= 0.6 is 12.6 Å². The van der Waals surface area contributed by atoms with E-state index in [1.165, 1.54) is 4.68 Å². The second-order valence-corrected chi connectivity index (χ2v) is 5.15. The van der Waals surface area contributed by atoms with Crippen LogP contribution in [0.4, 0.5) is 0 Å². The lowest BCUT2D eigenvalue weighted by atomic mass is 9.98. The van der Waals surface area contributed by atoms with Crippen molar-refractivity contribution < 1.29 is 0 Å². The Kier molecular flexibility index (Phi) is 4.01. The number of rotatable bonds is 4. The van der Waals surface area contributed by atoms with Gasteiger partial charge in [-0.2, -0.15) is 12.6 Å². The van der Waals surface area contributed by atoms with Crippen LogP contribution in [0.3, 0.4) is 0 Å². The molecule has 0 spiro atoms. The van der Waals surface area contributed by atoms with E-state index in [1.807, 2.05) is 12.1 Å². The summed E-state index contributed by atoms with van der Waals surface area (Å²) in [5.41, 5.74) is 0.568. The van der Waals surface area contributed by atoms with Crippen LogP contribution in [0.5, 0.6) is 0 Å². The third-order valence-corrected chi connectivity index (χ3v) is 3.68. The highest BCUT2D eigenvalue weighted by atomic mass is 32.1. The zero-order valence-electron chi connectivity index (χ0n) is 10.6.